The molecule has 1 fully saturated rings. The van der Waals surface area contributed by atoms with Gasteiger partial charge in [-0.15, -0.1) is 0 Å². The van der Waals surface area contributed by atoms with Crippen LogP contribution in [0.1, 0.15) is 54.1 Å². The number of hydrogen-bond acceptors (Lipinski definition) is 5. The minimum Gasteiger partial charge on any atom is -0.488 e. The zero-order valence-corrected chi connectivity index (χ0v) is 20.8. The zero-order valence-electron chi connectivity index (χ0n) is 20.8. The number of benzene rings is 3. The van der Waals surface area contributed by atoms with Crippen LogP contribution >= 0.6 is 0 Å². The summed E-state index contributed by atoms with van der Waals surface area (Å²) in [4.78, 5) is 35.4. The molecule has 0 heterocycles. The molecule has 1 aliphatic carbocycles. The van der Waals surface area contributed by atoms with Crippen molar-refractivity contribution in [2.45, 2.75) is 57.6 Å². The lowest BCUT2D eigenvalue weighted by atomic mass is 9.92. The molecule has 1 saturated carbocycles. The van der Waals surface area contributed by atoms with E-state index in [4.69, 9.17) is 9.47 Å². The second-order valence-corrected chi connectivity index (χ2v) is 9.32. The SMILES string of the molecule is CC(=O)N[C@H]1CCCC[C@@H]1Oc1ccc(Oc2ccc(CC(=O)Cc3ccccc3C(=O)O)cc2)cc1. The fourth-order valence-corrected chi connectivity index (χ4v) is 4.62. The average Bonchev–Trinajstić information content (AvgIpc) is 2.87. The molecule has 192 valence electrons. The second kappa shape index (κ2) is 12.2. The van der Waals surface area contributed by atoms with Gasteiger partial charge in [-0.1, -0.05) is 36.8 Å². The van der Waals surface area contributed by atoms with Crippen molar-refractivity contribution in [3.63, 3.8) is 0 Å². The number of nitrogens with one attached hydrogen (secondary N) is 1. The third-order valence-corrected chi connectivity index (χ3v) is 6.40. The molecule has 7 nitrogen and oxygen atoms in total. The molecule has 7 heteroatoms. The summed E-state index contributed by atoms with van der Waals surface area (Å²) >= 11 is 0. The molecular weight excluding hydrogens is 470 g/mol. The molecule has 0 saturated heterocycles. The van der Waals surface area contributed by atoms with Crippen molar-refractivity contribution < 1.29 is 29.0 Å². The molecule has 3 aromatic carbocycles. The van der Waals surface area contributed by atoms with Crippen molar-refractivity contribution in [3.05, 3.63) is 89.5 Å². The summed E-state index contributed by atoms with van der Waals surface area (Å²) < 4.78 is 12.1. The lowest BCUT2D eigenvalue weighted by molar-refractivity contribution is -0.120. The number of ether oxygens (including phenoxy) is 2. The van der Waals surface area contributed by atoms with Crippen molar-refractivity contribution in [1.29, 1.82) is 0 Å². The molecule has 0 aromatic heterocycles. The summed E-state index contributed by atoms with van der Waals surface area (Å²) in [6, 6.07) is 21.3. The van der Waals surface area contributed by atoms with Crippen LogP contribution in [0.25, 0.3) is 0 Å². The van der Waals surface area contributed by atoms with Crippen molar-refractivity contribution in [2.75, 3.05) is 0 Å². The highest BCUT2D eigenvalue weighted by Crippen LogP contribution is 2.28. The summed E-state index contributed by atoms with van der Waals surface area (Å²) in [6.07, 6.45) is 4.23. The summed E-state index contributed by atoms with van der Waals surface area (Å²) in [6.45, 7) is 1.53. The summed E-state index contributed by atoms with van der Waals surface area (Å²) in [5.74, 6) is 0.892. The van der Waals surface area contributed by atoms with Gasteiger partial charge in [0.1, 0.15) is 29.1 Å². The van der Waals surface area contributed by atoms with E-state index >= 15 is 0 Å². The fraction of sp³-hybridized carbons (Fsp3) is 0.300. The third-order valence-electron chi connectivity index (χ3n) is 6.40. The number of ketones is 1. The zero-order chi connectivity index (χ0) is 26.2. The Morgan fingerprint density at radius 1 is 0.838 bits per heavy atom. The van der Waals surface area contributed by atoms with Crippen LogP contribution in [-0.2, 0) is 22.4 Å². The second-order valence-electron chi connectivity index (χ2n) is 9.32. The van der Waals surface area contributed by atoms with Crippen LogP contribution < -0.4 is 14.8 Å². The minimum absolute atomic E-state index is 0.0273. The Kier molecular flexibility index (Phi) is 8.56. The van der Waals surface area contributed by atoms with Gasteiger partial charge in [0, 0.05) is 19.8 Å². The Balaban J connectivity index is 1.30. The molecule has 37 heavy (non-hydrogen) atoms. The molecule has 1 amide bonds. The van der Waals surface area contributed by atoms with Gasteiger partial charge in [-0.2, -0.15) is 0 Å². The van der Waals surface area contributed by atoms with Crippen molar-refractivity contribution in [2.24, 2.45) is 0 Å². The number of carboxylic acid groups (broad SMARTS) is 1. The van der Waals surface area contributed by atoms with Gasteiger partial charge in [-0.25, -0.2) is 4.79 Å². The first-order valence-corrected chi connectivity index (χ1v) is 12.5. The van der Waals surface area contributed by atoms with E-state index in [0.717, 1.165) is 37.0 Å². The number of aromatic carboxylic acids is 1. The maximum Gasteiger partial charge on any atom is 0.335 e. The Bertz CT molecular complexity index is 1240. The highest BCUT2D eigenvalue weighted by molar-refractivity contribution is 5.92. The van der Waals surface area contributed by atoms with E-state index in [0.29, 0.717) is 17.1 Å². The monoisotopic (exact) mass is 501 g/mol. The number of hydrogen-bond donors (Lipinski definition) is 2. The number of amides is 1. The van der Waals surface area contributed by atoms with Crippen molar-refractivity contribution in [3.8, 4) is 17.2 Å². The Hall–Kier alpha value is -4.13. The maximum atomic E-state index is 12.5. The molecular formula is C30H31NO6. The van der Waals surface area contributed by atoms with Gasteiger partial charge in [-0.3, -0.25) is 9.59 Å². The molecule has 1 aliphatic rings. The third kappa shape index (κ3) is 7.43. The molecule has 0 spiro atoms. The lowest BCUT2D eigenvalue weighted by Crippen LogP contribution is -2.46. The van der Waals surface area contributed by atoms with Crippen molar-refractivity contribution in [1.82, 2.24) is 5.32 Å². The average molecular weight is 502 g/mol. The Labute approximate surface area is 216 Å². The van der Waals surface area contributed by atoms with E-state index in [2.05, 4.69) is 5.32 Å². The number of carboxylic acids is 1. The van der Waals surface area contributed by atoms with Crippen LogP contribution in [0, 0.1) is 0 Å². The number of Topliss-reactive ketones (excluding diaryl/α,β-unsaturated/α-hetero) is 1. The number of carbonyl (C=O) groups excluding carboxylic acids is 2. The Morgan fingerprint density at radius 3 is 2.14 bits per heavy atom. The van der Waals surface area contributed by atoms with Crippen molar-refractivity contribution >= 4 is 17.7 Å². The predicted octanol–water partition coefficient (Wildman–Crippen LogP) is 5.36. The van der Waals surface area contributed by atoms with Gasteiger partial charge in [-0.05, 0) is 72.9 Å². The Morgan fingerprint density at radius 2 is 1.46 bits per heavy atom. The first kappa shape index (κ1) is 25.9. The molecule has 3 aromatic rings. The molecule has 2 atom stereocenters. The first-order chi connectivity index (χ1) is 17.9. The molecule has 0 unspecified atom stereocenters. The highest BCUT2D eigenvalue weighted by atomic mass is 16.5. The predicted molar refractivity (Wildman–Crippen MR) is 139 cm³/mol. The van der Waals surface area contributed by atoms with Crippen LogP contribution in [-0.4, -0.2) is 34.9 Å². The highest BCUT2D eigenvalue weighted by Gasteiger charge is 2.27. The smallest absolute Gasteiger partial charge is 0.335 e. The van der Waals surface area contributed by atoms with E-state index in [-0.39, 0.29) is 42.2 Å². The van der Waals surface area contributed by atoms with Crippen LogP contribution in [0.2, 0.25) is 0 Å². The van der Waals surface area contributed by atoms with Gasteiger partial charge >= 0.3 is 5.97 Å². The summed E-state index contributed by atoms with van der Waals surface area (Å²) in [5, 5.41) is 12.3. The fourth-order valence-electron chi connectivity index (χ4n) is 4.62. The summed E-state index contributed by atoms with van der Waals surface area (Å²) in [7, 11) is 0. The van der Waals surface area contributed by atoms with Crippen LogP contribution in [0.5, 0.6) is 17.2 Å². The molecule has 4 rings (SSSR count). The van der Waals surface area contributed by atoms with Gasteiger partial charge in [0.15, 0.2) is 0 Å². The van der Waals surface area contributed by atoms with Gasteiger partial charge < -0.3 is 19.9 Å². The number of carbonyl (C=O) groups is 3. The molecule has 2 N–H and O–H groups in total. The van der Waals surface area contributed by atoms with Gasteiger partial charge in [0.2, 0.25) is 5.91 Å². The normalized spacial score (nSPS) is 17.0. The van der Waals surface area contributed by atoms with Crippen LogP contribution in [0.4, 0.5) is 0 Å². The quantitative estimate of drug-likeness (QED) is 0.388. The van der Waals surface area contributed by atoms with E-state index < -0.39 is 5.97 Å². The number of rotatable bonds is 10. The van der Waals surface area contributed by atoms with Gasteiger partial charge in [0.25, 0.3) is 0 Å². The van der Waals surface area contributed by atoms with Gasteiger partial charge in [0.05, 0.1) is 11.6 Å². The largest absolute Gasteiger partial charge is 0.488 e. The van der Waals surface area contributed by atoms with Crippen LogP contribution in [0.15, 0.2) is 72.8 Å². The molecule has 0 bridgehead atoms. The topological polar surface area (TPSA) is 102 Å². The van der Waals surface area contributed by atoms with Crippen LogP contribution in [0.3, 0.4) is 0 Å². The molecule has 0 radical (unpaired) electrons. The van der Waals surface area contributed by atoms with E-state index in [1.165, 1.54) is 13.0 Å². The summed E-state index contributed by atoms with van der Waals surface area (Å²) in [5.41, 5.74) is 1.50. The standard InChI is InChI=1S/C30H31NO6/c1-20(32)31-28-8-4-5-9-29(28)37-26-16-14-25(15-17-26)36-24-12-10-21(11-13-24)18-23(33)19-22-6-2-3-7-27(22)30(34)35/h2-3,6-7,10-17,28-29H,4-5,8-9,18-19H2,1H3,(H,31,32)(H,34,35)/t28-,29-/m0/s1. The van der Waals surface area contributed by atoms with E-state index in [9.17, 15) is 19.5 Å². The first-order valence-electron chi connectivity index (χ1n) is 12.5. The lowest BCUT2D eigenvalue weighted by Gasteiger charge is -2.32. The molecule has 0 aliphatic heterocycles. The van der Waals surface area contributed by atoms with E-state index in [1.807, 2.05) is 36.4 Å². The maximum absolute atomic E-state index is 12.5. The van der Waals surface area contributed by atoms with E-state index in [1.54, 1.807) is 30.3 Å². The minimum atomic E-state index is -1.03.